The number of ether oxygens (including phenoxy) is 1. The maximum Gasteiger partial charge on any atom is 0.417 e. The lowest BCUT2D eigenvalue weighted by Gasteiger charge is -2.09. The molecule has 0 saturated carbocycles. The molecule has 0 N–H and O–H groups in total. The Morgan fingerprint density at radius 2 is 1.79 bits per heavy atom. The molecule has 0 aliphatic carbocycles. The van der Waals surface area contributed by atoms with E-state index in [-0.39, 0.29) is 16.7 Å². The first-order valence-corrected chi connectivity index (χ1v) is 5.78. The Morgan fingerprint density at radius 1 is 1.05 bits per heavy atom. The van der Waals surface area contributed by atoms with Gasteiger partial charge in [-0.1, -0.05) is 23.2 Å². The van der Waals surface area contributed by atoms with Crippen LogP contribution < -0.4 is 4.74 Å². The van der Waals surface area contributed by atoms with Crippen molar-refractivity contribution in [3.8, 4) is 11.6 Å². The SMILES string of the molecule is FC(F)(F)c1ccc(Oc2ccc(Cl)cc2Cl)nc1. The van der Waals surface area contributed by atoms with Crippen molar-refractivity contribution in [3.05, 3.63) is 52.1 Å². The molecule has 100 valence electrons. The number of rotatable bonds is 2. The highest BCUT2D eigenvalue weighted by Crippen LogP contribution is 2.32. The maximum absolute atomic E-state index is 12.3. The summed E-state index contributed by atoms with van der Waals surface area (Å²) in [7, 11) is 0. The van der Waals surface area contributed by atoms with Crippen molar-refractivity contribution in [2.24, 2.45) is 0 Å². The van der Waals surface area contributed by atoms with Crippen LogP contribution in [0.15, 0.2) is 36.5 Å². The van der Waals surface area contributed by atoms with Crippen LogP contribution in [-0.2, 0) is 6.18 Å². The highest BCUT2D eigenvalue weighted by atomic mass is 35.5. The highest BCUT2D eigenvalue weighted by molar-refractivity contribution is 6.35. The predicted molar refractivity (Wildman–Crippen MR) is 65.8 cm³/mol. The van der Waals surface area contributed by atoms with Gasteiger partial charge in [0.1, 0.15) is 5.75 Å². The molecular weight excluding hydrogens is 302 g/mol. The van der Waals surface area contributed by atoms with Crippen LogP contribution in [0.3, 0.4) is 0 Å². The number of hydrogen-bond donors (Lipinski definition) is 0. The summed E-state index contributed by atoms with van der Waals surface area (Å²) in [6, 6.07) is 6.51. The van der Waals surface area contributed by atoms with Crippen molar-refractivity contribution >= 4 is 23.2 Å². The summed E-state index contributed by atoms with van der Waals surface area (Å²) in [5.74, 6) is 0.274. The van der Waals surface area contributed by atoms with Gasteiger partial charge in [-0.2, -0.15) is 13.2 Å². The van der Waals surface area contributed by atoms with Gasteiger partial charge in [0.2, 0.25) is 5.88 Å². The van der Waals surface area contributed by atoms with E-state index in [1.807, 2.05) is 0 Å². The molecule has 1 aromatic heterocycles. The van der Waals surface area contributed by atoms with Crippen molar-refractivity contribution in [2.75, 3.05) is 0 Å². The minimum atomic E-state index is -4.43. The summed E-state index contributed by atoms with van der Waals surface area (Å²) in [5, 5.41) is 0.673. The predicted octanol–water partition coefficient (Wildman–Crippen LogP) is 5.20. The van der Waals surface area contributed by atoms with Gasteiger partial charge in [0, 0.05) is 17.3 Å². The lowest BCUT2D eigenvalue weighted by molar-refractivity contribution is -0.137. The highest BCUT2D eigenvalue weighted by Gasteiger charge is 2.30. The van der Waals surface area contributed by atoms with Crippen molar-refractivity contribution < 1.29 is 17.9 Å². The largest absolute Gasteiger partial charge is 0.437 e. The fourth-order valence-corrected chi connectivity index (χ4v) is 1.73. The second kappa shape index (κ2) is 5.27. The molecule has 1 aromatic carbocycles. The van der Waals surface area contributed by atoms with Crippen LogP contribution in [0.2, 0.25) is 10.0 Å². The molecule has 0 atom stereocenters. The van der Waals surface area contributed by atoms with Crippen LogP contribution in [0.25, 0.3) is 0 Å². The van der Waals surface area contributed by atoms with Crippen molar-refractivity contribution in [1.29, 1.82) is 0 Å². The van der Waals surface area contributed by atoms with Gasteiger partial charge in [0.05, 0.1) is 10.6 Å². The normalized spacial score (nSPS) is 11.4. The topological polar surface area (TPSA) is 22.1 Å². The molecule has 0 amide bonds. The van der Waals surface area contributed by atoms with Crippen molar-refractivity contribution in [1.82, 2.24) is 4.98 Å². The molecule has 2 rings (SSSR count). The molecule has 0 aliphatic heterocycles. The second-order valence-electron chi connectivity index (χ2n) is 3.56. The summed E-state index contributed by atoms with van der Waals surface area (Å²) in [5.41, 5.74) is -0.845. The third kappa shape index (κ3) is 3.52. The third-order valence-corrected chi connectivity index (χ3v) is 2.70. The Balaban J connectivity index is 2.20. The van der Waals surface area contributed by atoms with Gasteiger partial charge in [-0.3, -0.25) is 0 Å². The lowest BCUT2D eigenvalue weighted by Crippen LogP contribution is -2.05. The fourth-order valence-electron chi connectivity index (χ4n) is 1.28. The quantitative estimate of drug-likeness (QED) is 0.760. The zero-order chi connectivity index (χ0) is 14.0. The van der Waals surface area contributed by atoms with E-state index in [2.05, 4.69) is 4.98 Å². The van der Waals surface area contributed by atoms with Crippen LogP contribution in [0, 0.1) is 0 Å². The molecule has 0 unspecified atom stereocenters. The number of alkyl halides is 3. The molecule has 0 bridgehead atoms. The minimum absolute atomic E-state index is 0.0113. The third-order valence-electron chi connectivity index (χ3n) is 2.17. The van der Waals surface area contributed by atoms with E-state index in [0.29, 0.717) is 11.2 Å². The van der Waals surface area contributed by atoms with Gasteiger partial charge in [0.15, 0.2) is 0 Å². The minimum Gasteiger partial charge on any atom is -0.437 e. The summed E-state index contributed by atoms with van der Waals surface area (Å²) in [6.07, 6.45) is -3.73. The monoisotopic (exact) mass is 307 g/mol. The summed E-state index contributed by atoms with van der Waals surface area (Å²) in [6.45, 7) is 0. The van der Waals surface area contributed by atoms with E-state index in [1.54, 1.807) is 6.07 Å². The Bertz CT molecular complexity index is 585. The van der Waals surface area contributed by atoms with Crippen molar-refractivity contribution in [2.45, 2.75) is 6.18 Å². The lowest BCUT2D eigenvalue weighted by atomic mass is 10.3. The van der Waals surface area contributed by atoms with Gasteiger partial charge >= 0.3 is 6.18 Å². The van der Waals surface area contributed by atoms with Gasteiger partial charge in [-0.15, -0.1) is 0 Å². The smallest absolute Gasteiger partial charge is 0.417 e. The van der Waals surface area contributed by atoms with E-state index in [4.69, 9.17) is 27.9 Å². The molecule has 19 heavy (non-hydrogen) atoms. The Hall–Kier alpha value is -1.46. The van der Waals surface area contributed by atoms with Crippen LogP contribution in [0.5, 0.6) is 11.6 Å². The molecule has 0 fully saturated rings. The average molecular weight is 308 g/mol. The van der Waals surface area contributed by atoms with Gasteiger partial charge in [-0.05, 0) is 24.3 Å². The molecule has 1 heterocycles. The number of aromatic nitrogens is 1. The molecular formula is C12H6Cl2F3NO. The first-order valence-electron chi connectivity index (χ1n) is 5.02. The summed E-state index contributed by atoms with van der Waals surface area (Å²) < 4.78 is 42.3. The molecule has 0 saturated heterocycles. The zero-order valence-electron chi connectivity index (χ0n) is 9.21. The molecule has 0 aliphatic rings. The molecule has 7 heteroatoms. The van der Waals surface area contributed by atoms with Crippen LogP contribution in [0.1, 0.15) is 5.56 Å². The summed E-state index contributed by atoms with van der Waals surface area (Å²) >= 11 is 11.6. The molecule has 2 nitrogen and oxygen atoms in total. The number of hydrogen-bond acceptors (Lipinski definition) is 2. The Labute approximate surface area is 116 Å². The van der Waals surface area contributed by atoms with Crippen molar-refractivity contribution in [3.63, 3.8) is 0 Å². The maximum atomic E-state index is 12.3. The van der Waals surface area contributed by atoms with Crippen LogP contribution >= 0.6 is 23.2 Å². The van der Waals surface area contributed by atoms with E-state index >= 15 is 0 Å². The molecule has 2 aromatic rings. The Morgan fingerprint density at radius 3 is 2.32 bits per heavy atom. The second-order valence-corrected chi connectivity index (χ2v) is 4.40. The van der Waals surface area contributed by atoms with Crippen LogP contribution in [-0.4, -0.2) is 4.98 Å². The van der Waals surface area contributed by atoms with E-state index in [0.717, 1.165) is 12.1 Å². The first kappa shape index (κ1) is 14.0. The average Bonchev–Trinajstić information content (AvgIpc) is 2.32. The molecule has 0 radical (unpaired) electrons. The van der Waals surface area contributed by atoms with Gasteiger partial charge in [-0.25, -0.2) is 4.98 Å². The number of halogens is 5. The number of nitrogens with zero attached hydrogens (tertiary/aromatic N) is 1. The zero-order valence-corrected chi connectivity index (χ0v) is 10.7. The number of benzene rings is 1. The Kier molecular flexibility index (Phi) is 3.87. The van der Waals surface area contributed by atoms with E-state index < -0.39 is 11.7 Å². The van der Waals surface area contributed by atoms with Gasteiger partial charge in [0.25, 0.3) is 0 Å². The van der Waals surface area contributed by atoms with Crippen LogP contribution in [0.4, 0.5) is 13.2 Å². The standard InChI is InChI=1S/C12H6Cl2F3NO/c13-8-2-3-10(9(14)5-8)19-11-4-1-7(6-18-11)12(15,16)17/h1-6H. The summed E-state index contributed by atoms with van der Waals surface area (Å²) in [4.78, 5) is 3.57. The van der Waals surface area contributed by atoms with Gasteiger partial charge < -0.3 is 4.74 Å². The fraction of sp³-hybridized carbons (Fsp3) is 0.0833. The molecule has 0 spiro atoms. The number of pyridine rings is 1. The van der Waals surface area contributed by atoms with E-state index in [9.17, 15) is 13.2 Å². The first-order chi connectivity index (χ1) is 8.86. The van der Waals surface area contributed by atoms with E-state index in [1.165, 1.54) is 12.1 Å².